The highest BCUT2D eigenvalue weighted by molar-refractivity contribution is 5.43. The number of aromatic hydroxyl groups is 1. The van der Waals surface area contributed by atoms with Crippen LogP contribution in [0.3, 0.4) is 0 Å². The van der Waals surface area contributed by atoms with Gasteiger partial charge in [0.05, 0.1) is 7.11 Å². The van der Waals surface area contributed by atoms with Crippen molar-refractivity contribution in [3.05, 3.63) is 23.8 Å². The molecule has 20 heavy (non-hydrogen) atoms. The molecule has 1 fully saturated rings. The number of methoxy groups -OCH3 is 1. The number of piperazine rings is 1. The molecule has 1 aromatic carbocycles. The van der Waals surface area contributed by atoms with Gasteiger partial charge >= 0.3 is 0 Å². The highest BCUT2D eigenvalue weighted by atomic mass is 16.5. The predicted molar refractivity (Wildman–Crippen MR) is 81.3 cm³/mol. The van der Waals surface area contributed by atoms with Crippen molar-refractivity contribution in [1.82, 2.24) is 10.2 Å². The molecule has 4 nitrogen and oxygen atoms in total. The second kappa shape index (κ2) is 6.02. The molecule has 1 aliphatic heterocycles. The second-order valence-corrected chi connectivity index (χ2v) is 6.49. The molecule has 0 saturated carbocycles. The number of nitrogens with one attached hydrogen (secondary N) is 1. The van der Waals surface area contributed by atoms with E-state index < -0.39 is 0 Å². The predicted octanol–water partition coefficient (Wildman–Crippen LogP) is 2.39. The summed E-state index contributed by atoms with van der Waals surface area (Å²) in [6.07, 6.45) is 0. The van der Waals surface area contributed by atoms with E-state index in [1.54, 1.807) is 7.11 Å². The van der Waals surface area contributed by atoms with E-state index in [1.807, 2.05) is 12.1 Å². The van der Waals surface area contributed by atoms with Crippen LogP contribution in [0.4, 0.5) is 0 Å². The number of hydrogen-bond donors (Lipinski definition) is 2. The van der Waals surface area contributed by atoms with Crippen molar-refractivity contribution >= 4 is 0 Å². The van der Waals surface area contributed by atoms with Crippen LogP contribution in [-0.2, 0) is 0 Å². The Hall–Kier alpha value is -1.26. The molecule has 4 heteroatoms. The topological polar surface area (TPSA) is 44.7 Å². The standard InChI is InChI=1S/C16H26N2O2/c1-16(2,3)15(18-9-7-17-8-10-18)12-5-6-14(20-4)13(19)11-12/h5-6,11,15,17,19H,7-10H2,1-4H3/t15-/m0/s1. The molecule has 1 aromatic rings. The van der Waals surface area contributed by atoms with Crippen LogP contribution in [-0.4, -0.2) is 43.3 Å². The maximum absolute atomic E-state index is 10.0. The molecule has 0 amide bonds. The number of hydrogen-bond acceptors (Lipinski definition) is 4. The lowest BCUT2D eigenvalue weighted by Gasteiger charge is -2.42. The quantitative estimate of drug-likeness (QED) is 0.891. The number of benzene rings is 1. The molecule has 2 rings (SSSR count). The van der Waals surface area contributed by atoms with Crippen molar-refractivity contribution in [2.24, 2.45) is 5.41 Å². The van der Waals surface area contributed by atoms with Crippen molar-refractivity contribution < 1.29 is 9.84 Å². The van der Waals surface area contributed by atoms with Crippen molar-refractivity contribution in [1.29, 1.82) is 0 Å². The first-order chi connectivity index (χ1) is 9.43. The number of phenols is 1. The molecule has 0 aromatic heterocycles. The van der Waals surface area contributed by atoms with Crippen molar-refractivity contribution in [2.45, 2.75) is 26.8 Å². The van der Waals surface area contributed by atoms with E-state index in [1.165, 1.54) is 0 Å². The Morgan fingerprint density at radius 1 is 1.25 bits per heavy atom. The van der Waals surface area contributed by atoms with Crippen LogP contribution in [0.15, 0.2) is 18.2 Å². The van der Waals surface area contributed by atoms with Crippen molar-refractivity contribution in [2.75, 3.05) is 33.3 Å². The summed E-state index contributed by atoms with van der Waals surface area (Å²) in [7, 11) is 1.58. The van der Waals surface area contributed by atoms with Crippen LogP contribution in [0, 0.1) is 5.41 Å². The minimum atomic E-state index is 0.109. The van der Waals surface area contributed by atoms with Gasteiger partial charge in [0.15, 0.2) is 11.5 Å². The third-order valence-corrected chi connectivity index (χ3v) is 3.86. The average molecular weight is 278 g/mol. The third-order valence-electron chi connectivity index (χ3n) is 3.86. The first kappa shape index (κ1) is 15.1. The van der Waals surface area contributed by atoms with Gasteiger partial charge in [0.1, 0.15) is 0 Å². The first-order valence-corrected chi connectivity index (χ1v) is 7.25. The molecule has 0 aliphatic carbocycles. The van der Waals surface area contributed by atoms with E-state index >= 15 is 0 Å². The Labute approximate surface area is 121 Å². The number of rotatable bonds is 3. The smallest absolute Gasteiger partial charge is 0.160 e. The monoisotopic (exact) mass is 278 g/mol. The lowest BCUT2D eigenvalue weighted by Crippen LogP contribution is -2.48. The summed E-state index contributed by atoms with van der Waals surface area (Å²) in [6.45, 7) is 10.9. The van der Waals surface area contributed by atoms with Gasteiger partial charge in [-0.1, -0.05) is 26.8 Å². The SMILES string of the molecule is COc1ccc([C@H](N2CCNCC2)C(C)(C)C)cc1O. The zero-order chi connectivity index (χ0) is 14.8. The molecule has 0 bridgehead atoms. The maximum Gasteiger partial charge on any atom is 0.160 e. The Morgan fingerprint density at radius 3 is 2.40 bits per heavy atom. The zero-order valence-electron chi connectivity index (χ0n) is 12.9. The molecule has 112 valence electrons. The normalized spacial score (nSPS) is 18.8. The minimum Gasteiger partial charge on any atom is -0.504 e. The average Bonchev–Trinajstić information content (AvgIpc) is 2.39. The van der Waals surface area contributed by atoms with Gasteiger partial charge in [0.2, 0.25) is 0 Å². The summed E-state index contributed by atoms with van der Waals surface area (Å²) < 4.78 is 5.14. The Morgan fingerprint density at radius 2 is 1.90 bits per heavy atom. The number of nitrogens with zero attached hydrogens (tertiary/aromatic N) is 1. The summed E-state index contributed by atoms with van der Waals surface area (Å²) in [4.78, 5) is 2.50. The summed E-state index contributed by atoms with van der Waals surface area (Å²) in [5.41, 5.74) is 1.26. The van der Waals surface area contributed by atoms with Gasteiger partial charge in [0, 0.05) is 32.2 Å². The van der Waals surface area contributed by atoms with E-state index in [0.29, 0.717) is 11.8 Å². The van der Waals surface area contributed by atoms with Crippen LogP contribution >= 0.6 is 0 Å². The fraction of sp³-hybridized carbons (Fsp3) is 0.625. The number of ether oxygens (including phenoxy) is 1. The van der Waals surface area contributed by atoms with Crippen LogP contribution in [0.1, 0.15) is 32.4 Å². The molecule has 1 aliphatic rings. The van der Waals surface area contributed by atoms with Gasteiger partial charge in [0.25, 0.3) is 0 Å². The fourth-order valence-electron chi connectivity index (χ4n) is 3.08. The Balaban J connectivity index is 2.33. The van der Waals surface area contributed by atoms with Gasteiger partial charge in [-0.05, 0) is 23.1 Å². The summed E-state index contributed by atoms with van der Waals surface area (Å²) >= 11 is 0. The molecule has 1 heterocycles. The van der Waals surface area contributed by atoms with Crippen LogP contribution in [0.2, 0.25) is 0 Å². The molecular weight excluding hydrogens is 252 g/mol. The van der Waals surface area contributed by atoms with E-state index in [9.17, 15) is 5.11 Å². The number of phenolic OH excluding ortho intramolecular Hbond substituents is 1. The van der Waals surface area contributed by atoms with E-state index in [0.717, 1.165) is 31.7 Å². The van der Waals surface area contributed by atoms with E-state index in [2.05, 4.69) is 37.1 Å². The summed E-state index contributed by atoms with van der Waals surface area (Å²) in [5.74, 6) is 0.746. The first-order valence-electron chi connectivity index (χ1n) is 7.25. The van der Waals surface area contributed by atoms with Crippen LogP contribution in [0.25, 0.3) is 0 Å². The maximum atomic E-state index is 10.0. The highest BCUT2D eigenvalue weighted by Crippen LogP contribution is 2.40. The van der Waals surface area contributed by atoms with E-state index in [-0.39, 0.29) is 11.2 Å². The fourth-order valence-corrected chi connectivity index (χ4v) is 3.08. The zero-order valence-corrected chi connectivity index (χ0v) is 12.9. The van der Waals surface area contributed by atoms with Crippen LogP contribution < -0.4 is 10.1 Å². The van der Waals surface area contributed by atoms with Gasteiger partial charge in [-0.15, -0.1) is 0 Å². The van der Waals surface area contributed by atoms with Gasteiger partial charge in [-0.25, -0.2) is 0 Å². The molecule has 0 spiro atoms. The molecule has 1 saturated heterocycles. The minimum absolute atomic E-state index is 0.109. The molecular formula is C16H26N2O2. The van der Waals surface area contributed by atoms with Crippen LogP contribution in [0.5, 0.6) is 11.5 Å². The second-order valence-electron chi connectivity index (χ2n) is 6.49. The van der Waals surface area contributed by atoms with Crippen molar-refractivity contribution in [3.63, 3.8) is 0 Å². The molecule has 2 N–H and O–H groups in total. The summed E-state index contributed by atoms with van der Waals surface area (Å²) in [6, 6.07) is 6.06. The van der Waals surface area contributed by atoms with Gasteiger partial charge in [-0.2, -0.15) is 0 Å². The van der Waals surface area contributed by atoms with Crippen molar-refractivity contribution in [3.8, 4) is 11.5 Å². The van der Waals surface area contributed by atoms with Gasteiger partial charge in [-0.3, -0.25) is 4.90 Å². The highest BCUT2D eigenvalue weighted by Gasteiger charge is 2.32. The lowest BCUT2D eigenvalue weighted by atomic mass is 9.81. The molecule has 1 atom stereocenters. The third kappa shape index (κ3) is 3.25. The Kier molecular flexibility index (Phi) is 4.55. The largest absolute Gasteiger partial charge is 0.504 e. The summed E-state index contributed by atoms with van der Waals surface area (Å²) in [5, 5.41) is 13.4. The lowest BCUT2D eigenvalue weighted by molar-refractivity contribution is 0.0860. The van der Waals surface area contributed by atoms with E-state index in [4.69, 9.17) is 4.74 Å². The van der Waals surface area contributed by atoms with Gasteiger partial charge < -0.3 is 15.2 Å². The molecule has 0 unspecified atom stereocenters. The Bertz CT molecular complexity index is 448. The molecule has 0 radical (unpaired) electrons.